The molecule has 1 fully saturated rings. The molecule has 6 nitrogen and oxygen atoms in total. The van der Waals surface area contributed by atoms with Crippen molar-refractivity contribution in [2.24, 2.45) is 13.0 Å². The first-order valence-electron chi connectivity index (χ1n) is 10.9. The van der Waals surface area contributed by atoms with Crippen LogP contribution in [0.1, 0.15) is 48.5 Å². The van der Waals surface area contributed by atoms with E-state index in [1.54, 1.807) is 19.3 Å². The molecule has 158 valence electrons. The van der Waals surface area contributed by atoms with E-state index in [0.29, 0.717) is 18.1 Å². The molecule has 6 heteroatoms. The normalized spacial score (nSPS) is 14.9. The fourth-order valence-corrected chi connectivity index (χ4v) is 4.43. The lowest BCUT2D eigenvalue weighted by Crippen LogP contribution is -2.35. The summed E-state index contributed by atoms with van der Waals surface area (Å²) in [5.74, 6) is 1.10. The second-order valence-corrected chi connectivity index (χ2v) is 8.10. The number of anilines is 1. The van der Waals surface area contributed by atoms with E-state index in [0.717, 1.165) is 25.4 Å². The number of carbonyl (C=O) groups excluding carboxylic acids is 1. The van der Waals surface area contributed by atoms with Crippen molar-refractivity contribution in [2.75, 3.05) is 24.6 Å². The van der Waals surface area contributed by atoms with E-state index in [9.17, 15) is 4.79 Å². The average Bonchev–Trinajstić information content (AvgIpc) is 3.10. The lowest BCUT2D eigenvalue weighted by molar-refractivity contribution is 0.0525. The van der Waals surface area contributed by atoms with Gasteiger partial charge in [-0.05, 0) is 56.6 Å². The first kappa shape index (κ1) is 20.4. The Bertz CT molecular complexity index is 988. The molecule has 0 atom stereocenters. The Balaban J connectivity index is 1.25. The Morgan fingerprint density at radius 1 is 1.17 bits per heavy atom. The summed E-state index contributed by atoms with van der Waals surface area (Å²) in [7, 11) is 2.13. The van der Waals surface area contributed by atoms with Gasteiger partial charge in [-0.25, -0.2) is 14.8 Å². The Kier molecular flexibility index (Phi) is 6.31. The number of ether oxygens (including phenoxy) is 1. The highest BCUT2D eigenvalue weighted by molar-refractivity contribution is 5.88. The summed E-state index contributed by atoms with van der Waals surface area (Å²) in [6, 6.07) is 8.66. The van der Waals surface area contributed by atoms with Crippen LogP contribution in [-0.2, 0) is 18.2 Å². The van der Waals surface area contributed by atoms with Crippen molar-refractivity contribution in [1.82, 2.24) is 14.5 Å². The molecule has 0 bridgehead atoms. The Labute approximate surface area is 177 Å². The molecule has 30 heavy (non-hydrogen) atoms. The Morgan fingerprint density at radius 3 is 2.63 bits per heavy atom. The summed E-state index contributed by atoms with van der Waals surface area (Å²) in [5.41, 5.74) is 3.18. The van der Waals surface area contributed by atoms with Gasteiger partial charge >= 0.3 is 5.97 Å². The van der Waals surface area contributed by atoms with E-state index >= 15 is 0 Å². The third-order valence-electron chi connectivity index (χ3n) is 6.08. The number of piperidine rings is 1. The molecule has 2 aromatic heterocycles. The van der Waals surface area contributed by atoms with Gasteiger partial charge in [0.1, 0.15) is 0 Å². The molecule has 3 heterocycles. The number of rotatable bonds is 7. The largest absolute Gasteiger partial charge is 0.462 e. The molecule has 0 N–H and O–H groups in total. The highest BCUT2D eigenvalue weighted by atomic mass is 16.5. The van der Waals surface area contributed by atoms with Gasteiger partial charge in [-0.3, -0.25) is 0 Å². The number of carbonyl (C=O) groups is 1. The number of fused-ring (bicyclic) bond motifs is 1. The van der Waals surface area contributed by atoms with Gasteiger partial charge in [0.05, 0.1) is 12.2 Å². The van der Waals surface area contributed by atoms with E-state index in [1.807, 2.05) is 0 Å². The van der Waals surface area contributed by atoms with Gasteiger partial charge < -0.3 is 14.2 Å². The number of aromatic nitrogens is 3. The van der Waals surface area contributed by atoms with Crippen molar-refractivity contribution in [1.29, 1.82) is 0 Å². The van der Waals surface area contributed by atoms with E-state index < -0.39 is 0 Å². The maximum absolute atomic E-state index is 11.7. The van der Waals surface area contributed by atoms with Crippen molar-refractivity contribution >= 4 is 22.8 Å². The van der Waals surface area contributed by atoms with Crippen LogP contribution in [0.2, 0.25) is 0 Å². The van der Waals surface area contributed by atoms with Crippen molar-refractivity contribution in [3.05, 3.63) is 54.0 Å². The second-order valence-electron chi connectivity index (χ2n) is 8.10. The van der Waals surface area contributed by atoms with E-state index in [4.69, 9.17) is 4.74 Å². The van der Waals surface area contributed by atoms with Crippen molar-refractivity contribution in [2.45, 2.75) is 39.0 Å². The smallest absolute Gasteiger partial charge is 0.341 e. The predicted molar refractivity (Wildman–Crippen MR) is 119 cm³/mol. The van der Waals surface area contributed by atoms with E-state index in [2.05, 4.69) is 56.9 Å². The summed E-state index contributed by atoms with van der Waals surface area (Å²) in [6.07, 6.45) is 11.4. The molecule has 0 amide bonds. The number of esters is 1. The molecule has 0 unspecified atom stereocenters. The Hall–Kier alpha value is -2.89. The van der Waals surface area contributed by atoms with Gasteiger partial charge in [0, 0.05) is 49.6 Å². The molecule has 0 saturated carbocycles. The molecule has 1 aliphatic rings. The number of nitrogens with zero attached hydrogens (tertiary/aromatic N) is 4. The summed E-state index contributed by atoms with van der Waals surface area (Å²) in [4.78, 5) is 22.7. The van der Waals surface area contributed by atoms with Crippen LogP contribution in [0.5, 0.6) is 0 Å². The minimum absolute atomic E-state index is 0.356. The van der Waals surface area contributed by atoms with Crippen LogP contribution in [0.4, 0.5) is 5.95 Å². The SMILES string of the molecule is CCOC(=O)c1cnc(N2CCC(CCCc3cn(C)c4ccccc34)CC2)nc1. The standard InChI is InChI=1S/C24H30N4O2/c1-3-30-23(29)20-15-25-24(26-16-20)28-13-11-18(12-14-28)7-6-8-19-17-27(2)22-10-5-4-9-21(19)22/h4-5,9-10,15-18H,3,6-8,11-14H2,1-2H3. The zero-order valence-corrected chi connectivity index (χ0v) is 17.9. The lowest BCUT2D eigenvalue weighted by Gasteiger charge is -2.32. The number of hydrogen-bond donors (Lipinski definition) is 0. The molecule has 1 saturated heterocycles. The number of hydrogen-bond acceptors (Lipinski definition) is 5. The quantitative estimate of drug-likeness (QED) is 0.545. The van der Waals surface area contributed by atoms with Crippen LogP contribution in [0.3, 0.4) is 0 Å². The zero-order chi connectivity index (χ0) is 20.9. The van der Waals surface area contributed by atoms with Crippen molar-refractivity contribution < 1.29 is 9.53 Å². The molecular weight excluding hydrogens is 376 g/mol. The molecule has 1 aromatic carbocycles. The van der Waals surface area contributed by atoms with Crippen molar-refractivity contribution in [3.63, 3.8) is 0 Å². The maximum Gasteiger partial charge on any atom is 0.341 e. The number of benzene rings is 1. The number of para-hydroxylation sites is 1. The maximum atomic E-state index is 11.7. The van der Waals surface area contributed by atoms with Gasteiger partial charge in [-0.15, -0.1) is 0 Å². The van der Waals surface area contributed by atoms with Crippen LogP contribution in [0, 0.1) is 5.92 Å². The fourth-order valence-electron chi connectivity index (χ4n) is 4.43. The van der Waals surface area contributed by atoms with E-state index in [1.165, 1.54) is 42.1 Å². The summed E-state index contributed by atoms with van der Waals surface area (Å²) in [6.45, 7) is 4.09. The summed E-state index contributed by atoms with van der Waals surface area (Å²) < 4.78 is 7.22. The minimum atomic E-state index is -0.367. The topological polar surface area (TPSA) is 60.2 Å². The average molecular weight is 407 g/mol. The highest BCUT2D eigenvalue weighted by Gasteiger charge is 2.21. The first-order valence-corrected chi connectivity index (χ1v) is 10.9. The van der Waals surface area contributed by atoms with Gasteiger partial charge in [0.25, 0.3) is 0 Å². The molecule has 1 aliphatic heterocycles. The molecule has 4 rings (SSSR count). The summed E-state index contributed by atoms with van der Waals surface area (Å²) >= 11 is 0. The third kappa shape index (κ3) is 4.48. The lowest BCUT2D eigenvalue weighted by atomic mass is 9.91. The molecule has 0 radical (unpaired) electrons. The van der Waals surface area contributed by atoms with Gasteiger partial charge in [0.15, 0.2) is 0 Å². The van der Waals surface area contributed by atoms with Crippen LogP contribution < -0.4 is 4.90 Å². The van der Waals surface area contributed by atoms with Crippen LogP contribution in [0.25, 0.3) is 10.9 Å². The van der Waals surface area contributed by atoms with Crippen LogP contribution in [0.15, 0.2) is 42.9 Å². The van der Waals surface area contributed by atoms with Crippen LogP contribution >= 0.6 is 0 Å². The Morgan fingerprint density at radius 2 is 1.90 bits per heavy atom. The van der Waals surface area contributed by atoms with Gasteiger partial charge in [-0.1, -0.05) is 18.2 Å². The first-order chi connectivity index (χ1) is 14.7. The molecule has 3 aromatic rings. The zero-order valence-electron chi connectivity index (χ0n) is 17.9. The fraction of sp³-hybridized carbons (Fsp3) is 0.458. The third-order valence-corrected chi connectivity index (χ3v) is 6.08. The van der Waals surface area contributed by atoms with E-state index in [-0.39, 0.29) is 5.97 Å². The number of aryl methyl sites for hydroxylation is 2. The second kappa shape index (κ2) is 9.28. The predicted octanol–water partition coefficient (Wildman–Crippen LogP) is 4.38. The minimum Gasteiger partial charge on any atom is -0.462 e. The van der Waals surface area contributed by atoms with Gasteiger partial charge in [0.2, 0.25) is 5.95 Å². The molecule has 0 spiro atoms. The highest BCUT2D eigenvalue weighted by Crippen LogP contribution is 2.27. The molecular formula is C24H30N4O2. The summed E-state index contributed by atoms with van der Waals surface area (Å²) in [5, 5.41) is 1.39. The van der Waals surface area contributed by atoms with Crippen LogP contribution in [-0.4, -0.2) is 40.2 Å². The van der Waals surface area contributed by atoms with Crippen molar-refractivity contribution in [3.8, 4) is 0 Å². The monoisotopic (exact) mass is 406 g/mol. The molecule has 0 aliphatic carbocycles. The van der Waals surface area contributed by atoms with Gasteiger partial charge in [-0.2, -0.15) is 0 Å².